The van der Waals surface area contributed by atoms with E-state index in [9.17, 15) is 0 Å². The van der Waals surface area contributed by atoms with Crippen LogP contribution in [0.2, 0.25) is 0 Å². The molecule has 2 nitrogen and oxygen atoms in total. The van der Waals surface area contributed by atoms with E-state index in [1.807, 2.05) is 0 Å². The number of para-hydroxylation sites is 1. The normalized spacial score (nSPS) is 19.1. The Morgan fingerprint density at radius 3 is 2.84 bits per heavy atom. The molecule has 1 aliphatic heterocycles. The number of hydrogen-bond acceptors (Lipinski definition) is 2. The van der Waals surface area contributed by atoms with Crippen LogP contribution in [0.3, 0.4) is 0 Å². The van der Waals surface area contributed by atoms with E-state index in [-0.39, 0.29) is 0 Å². The number of rotatable bonds is 7. The van der Waals surface area contributed by atoms with Crippen LogP contribution in [0.1, 0.15) is 38.7 Å². The van der Waals surface area contributed by atoms with Gasteiger partial charge in [0.1, 0.15) is 0 Å². The molecule has 1 heterocycles. The molecule has 2 heteroatoms. The van der Waals surface area contributed by atoms with Crippen molar-refractivity contribution in [2.45, 2.75) is 39.5 Å². The molecule has 1 saturated heterocycles. The first-order valence-corrected chi connectivity index (χ1v) is 7.88. The first-order chi connectivity index (χ1) is 9.35. The lowest BCUT2D eigenvalue weighted by Crippen LogP contribution is -2.27. The Morgan fingerprint density at radius 1 is 1.21 bits per heavy atom. The molecule has 1 aromatic rings. The van der Waals surface area contributed by atoms with Crippen molar-refractivity contribution < 1.29 is 0 Å². The molecule has 1 unspecified atom stereocenters. The zero-order valence-corrected chi connectivity index (χ0v) is 12.5. The lowest BCUT2D eigenvalue weighted by Gasteiger charge is -2.22. The summed E-state index contributed by atoms with van der Waals surface area (Å²) < 4.78 is 0. The third-order valence-corrected chi connectivity index (χ3v) is 4.00. The van der Waals surface area contributed by atoms with Crippen molar-refractivity contribution in [3.63, 3.8) is 0 Å². The Bertz CT molecular complexity index is 375. The summed E-state index contributed by atoms with van der Waals surface area (Å²) in [4.78, 5) is 2.59. The summed E-state index contributed by atoms with van der Waals surface area (Å²) in [6.07, 6.45) is 4.99. The van der Waals surface area contributed by atoms with Gasteiger partial charge in [-0.2, -0.15) is 0 Å². The van der Waals surface area contributed by atoms with Crippen molar-refractivity contribution in [1.82, 2.24) is 5.32 Å². The number of benzene rings is 1. The lowest BCUT2D eigenvalue weighted by atomic mass is 10.1. The van der Waals surface area contributed by atoms with Crippen LogP contribution >= 0.6 is 0 Å². The summed E-state index contributed by atoms with van der Waals surface area (Å²) in [6, 6.07) is 8.94. The fourth-order valence-corrected chi connectivity index (χ4v) is 3.00. The maximum atomic E-state index is 3.56. The third-order valence-electron chi connectivity index (χ3n) is 4.00. The summed E-state index contributed by atoms with van der Waals surface area (Å²) in [5, 5.41) is 3.56. The second-order valence-electron chi connectivity index (χ2n) is 5.68. The molecule has 1 aliphatic rings. The van der Waals surface area contributed by atoms with Gasteiger partial charge in [-0.15, -0.1) is 0 Å². The molecule has 0 amide bonds. The van der Waals surface area contributed by atoms with E-state index in [1.54, 1.807) is 0 Å². The Morgan fingerprint density at radius 2 is 2.05 bits per heavy atom. The van der Waals surface area contributed by atoms with Crippen LogP contribution in [-0.2, 0) is 6.42 Å². The summed E-state index contributed by atoms with van der Waals surface area (Å²) in [5.74, 6) is 0.821. The number of anilines is 1. The van der Waals surface area contributed by atoms with Crippen LogP contribution in [0.15, 0.2) is 24.3 Å². The van der Waals surface area contributed by atoms with Gasteiger partial charge in [-0.05, 0) is 49.9 Å². The average molecular weight is 260 g/mol. The second-order valence-corrected chi connectivity index (χ2v) is 5.68. The summed E-state index contributed by atoms with van der Waals surface area (Å²) in [7, 11) is 0. The Kier molecular flexibility index (Phi) is 5.71. The minimum atomic E-state index is 0.821. The van der Waals surface area contributed by atoms with Gasteiger partial charge in [-0.25, -0.2) is 0 Å². The predicted octanol–water partition coefficient (Wildman–Crippen LogP) is 3.47. The smallest absolute Gasteiger partial charge is 0.0398 e. The number of nitrogens with one attached hydrogen (secondary N) is 1. The third kappa shape index (κ3) is 3.97. The molecule has 0 aliphatic carbocycles. The number of aryl methyl sites for hydroxylation is 1. The first kappa shape index (κ1) is 14.4. The second kappa shape index (κ2) is 7.54. The van der Waals surface area contributed by atoms with Gasteiger partial charge in [-0.1, -0.05) is 38.5 Å². The summed E-state index contributed by atoms with van der Waals surface area (Å²) >= 11 is 0. The molecule has 2 rings (SSSR count). The molecule has 1 atom stereocenters. The zero-order chi connectivity index (χ0) is 13.5. The molecule has 106 valence electrons. The molecule has 0 spiro atoms. The quantitative estimate of drug-likeness (QED) is 0.755. The molecule has 0 bridgehead atoms. The minimum absolute atomic E-state index is 0.821. The highest BCUT2D eigenvalue weighted by molar-refractivity contribution is 5.54. The molecule has 1 N–H and O–H groups in total. The Balaban J connectivity index is 1.93. The van der Waals surface area contributed by atoms with Gasteiger partial charge in [0, 0.05) is 18.8 Å². The molecule has 1 aromatic carbocycles. The van der Waals surface area contributed by atoms with E-state index in [1.165, 1.54) is 56.6 Å². The number of hydrogen-bond donors (Lipinski definition) is 1. The highest BCUT2D eigenvalue weighted by Crippen LogP contribution is 2.27. The van der Waals surface area contributed by atoms with E-state index in [4.69, 9.17) is 0 Å². The molecule has 0 radical (unpaired) electrons. The van der Waals surface area contributed by atoms with Crippen LogP contribution in [0, 0.1) is 5.92 Å². The maximum Gasteiger partial charge on any atom is 0.0398 e. The Hall–Kier alpha value is -1.02. The van der Waals surface area contributed by atoms with Gasteiger partial charge < -0.3 is 10.2 Å². The molecule has 0 aromatic heterocycles. The SMILES string of the molecule is CCCNCC1CCN(c2ccccc2CCC)C1. The van der Waals surface area contributed by atoms with Crippen molar-refractivity contribution >= 4 is 5.69 Å². The predicted molar refractivity (Wildman–Crippen MR) is 83.9 cm³/mol. The average Bonchev–Trinajstić information content (AvgIpc) is 2.89. The van der Waals surface area contributed by atoms with Crippen molar-refractivity contribution in [1.29, 1.82) is 0 Å². The van der Waals surface area contributed by atoms with Gasteiger partial charge in [0.05, 0.1) is 0 Å². The van der Waals surface area contributed by atoms with Crippen molar-refractivity contribution in [3.8, 4) is 0 Å². The van der Waals surface area contributed by atoms with E-state index >= 15 is 0 Å². The van der Waals surface area contributed by atoms with E-state index in [2.05, 4.69) is 48.3 Å². The van der Waals surface area contributed by atoms with Crippen LogP contribution in [0.25, 0.3) is 0 Å². The summed E-state index contributed by atoms with van der Waals surface area (Å²) in [5.41, 5.74) is 2.99. The topological polar surface area (TPSA) is 15.3 Å². The van der Waals surface area contributed by atoms with Crippen molar-refractivity contribution in [2.75, 3.05) is 31.1 Å². The molecule has 1 fully saturated rings. The van der Waals surface area contributed by atoms with E-state index < -0.39 is 0 Å². The van der Waals surface area contributed by atoms with Gasteiger partial charge in [0.2, 0.25) is 0 Å². The van der Waals surface area contributed by atoms with Crippen LogP contribution in [-0.4, -0.2) is 26.2 Å². The minimum Gasteiger partial charge on any atom is -0.371 e. The molecule has 0 saturated carbocycles. The zero-order valence-electron chi connectivity index (χ0n) is 12.5. The highest BCUT2D eigenvalue weighted by Gasteiger charge is 2.23. The monoisotopic (exact) mass is 260 g/mol. The van der Waals surface area contributed by atoms with Gasteiger partial charge >= 0.3 is 0 Å². The fraction of sp³-hybridized carbons (Fsp3) is 0.647. The number of nitrogens with zero attached hydrogens (tertiary/aromatic N) is 1. The fourth-order valence-electron chi connectivity index (χ4n) is 3.00. The van der Waals surface area contributed by atoms with Crippen LogP contribution in [0.4, 0.5) is 5.69 Å². The van der Waals surface area contributed by atoms with Crippen LogP contribution < -0.4 is 10.2 Å². The molecular weight excluding hydrogens is 232 g/mol. The van der Waals surface area contributed by atoms with E-state index in [0.29, 0.717) is 0 Å². The Labute approximate surface area is 118 Å². The van der Waals surface area contributed by atoms with Gasteiger partial charge in [0.15, 0.2) is 0 Å². The summed E-state index contributed by atoms with van der Waals surface area (Å²) in [6.45, 7) is 9.27. The lowest BCUT2D eigenvalue weighted by molar-refractivity contribution is 0.516. The maximum absolute atomic E-state index is 3.56. The first-order valence-electron chi connectivity index (χ1n) is 7.88. The highest BCUT2D eigenvalue weighted by atomic mass is 15.2. The van der Waals surface area contributed by atoms with Gasteiger partial charge in [0.25, 0.3) is 0 Å². The largest absolute Gasteiger partial charge is 0.371 e. The van der Waals surface area contributed by atoms with Crippen LogP contribution in [0.5, 0.6) is 0 Å². The van der Waals surface area contributed by atoms with Crippen molar-refractivity contribution in [2.24, 2.45) is 5.92 Å². The molecule has 19 heavy (non-hydrogen) atoms. The van der Waals surface area contributed by atoms with E-state index in [0.717, 1.165) is 12.5 Å². The van der Waals surface area contributed by atoms with Gasteiger partial charge in [-0.3, -0.25) is 0 Å². The van der Waals surface area contributed by atoms with Crippen molar-refractivity contribution in [3.05, 3.63) is 29.8 Å². The molecular formula is C17H28N2. The standard InChI is InChI=1S/C17H28N2/c1-3-7-16-8-5-6-9-17(16)19-12-10-15(14-19)13-18-11-4-2/h5-6,8-9,15,18H,3-4,7,10-14H2,1-2H3.